The average Bonchev–Trinajstić information content (AvgIpc) is 2.27. The van der Waals surface area contributed by atoms with Crippen molar-refractivity contribution >= 4 is 18.9 Å². The Morgan fingerprint density at radius 2 is 2.00 bits per heavy atom. The summed E-state index contributed by atoms with van der Waals surface area (Å²) in [4.78, 5) is 0. The zero-order chi connectivity index (χ0) is 9.64. The molecule has 1 nitrogen and oxygen atoms in total. The van der Waals surface area contributed by atoms with Crippen LogP contribution in [0.1, 0.15) is 26.3 Å². The average molecular weight is 173 g/mol. The lowest BCUT2D eigenvalue weighted by atomic mass is 9.88. The summed E-state index contributed by atoms with van der Waals surface area (Å²) in [5.41, 5.74) is 1.58. The SMILES string of the molecule is C=c1c2c(C(C)(C)C)cn1C=CC=2. The Kier molecular flexibility index (Phi) is 1.53. The van der Waals surface area contributed by atoms with E-state index in [1.807, 2.05) is 6.20 Å². The molecule has 2 bridgehead atoms. The van der Waals surface area contributed by atoms with Gasteiger partial charge in [-0.3, -0.25) is 0 Å². The topological polar surface area (TPSA) is 4.93 Å². The van der Waals surface area contributed by atoms with E-state index in [4.69, 9.17) is 0 Å². The maximum Gasteiger partial charge on any atom is 0.0453 e. The maximum atomic E-state index is 4.06. The summed E-state index contributed by atoms with van der Waals surface area (Å²) < 4.78 is 2.09. The molecule has 2 heterocycles. The van der Waals surface area contributed by atoms with Crippen LogP contribution in [-0.4, -0.2) is 4.57 Å². The minimum absolute atomic E-state index is 0.204. The standard InChI is InChI=1S/C12H15N/c1-9-10-6-5-7-13(9)8-11(10)12(2,3)4/h5-8H,1H2,2-4H3. The van der Waals surface area contributed by atoms with Crippen LogP contribution in [0.25, 0.3) is 18.9 Å². The first-order chi connectivity index (χ1) is 6.00. The second kappa shape index (κ2) is 2.38. The van der Waals surface area contributed by atoms with E-state index in [1.54, 1.807) is 0 Å². The molecule has 0 saturated heterocycles. The third-order valence-corrected chi connectivity index (χ3v) is 2.50. The van der Waals surface area contributed by atoms with Crippen LogP contribution in [0.2, 0.25) is 0 Å². The number of hydrogen-bond donors (Lipinski definition) is 0. The molecule has 0 N–H and O–H groups in total. The molecule has 0 aromatic carbocycles. The maximum absolute atomic E-state index is 4.06. The molecule has 0 amide bonds. The number of nitrogens with zero attached hydrogens (tertiary/aromatic N) is 1. The van der Waals surface area contributed by atoms with Gasteiger partial charge in [-0.25, -0.2) is 0 Å². The highest BCUT2D eigenvalue weighted by Crippen LogP contribution is 2.18. The van der Waals surface area contributed by atoms with Gasteiger partial charge >= 0.3 is 0 Å². The predicted octanol–water partition coefficient (Wildman–Crippen LogP) is 1.46. The third-order valence-electron chi connectivity index (χ3n) is 2.50. The van der Waals surface area contributed by atoms with Crippen molar-refractivity contribution in [2.45, 2.75) is 26.2 Å². The van der Waals surface area contributed by atoms with Gasteiger partial charge in [-0.15, -0.1) is 0 Å². The molecule has 0 aliphatic carbocycles. The van der Waals surface area contributed by atoms with Gasteiger partial charge in [0.1, 0.15) is 0 Å². The fourth-order valence-electron chi connectivity index (χ4n) is 1.73. The van der Waals surface area contributed by atoms with Crippen molar-refractivity contribution in [2.24, 2.45) is 0 Å². The first kappa shape index (κ1) is 8.36. The molecule has 1 aliphatic rings. The summed E-state index contributed by atoms with van der Waals surface area (Å²) in [7, 11) is 0. The van der Waals surface area contributed by atoms with E-state index in [-0.39, 0.29) is 5.41 Å². The Morgan fingerprint density at radius 1 is 1.31 bits per heavy atom. The molecule has 13 heavy (non-hydrogen) atoms. The number of allylic oxidation sites excluding steroid dienone is 1. The second-order valence-corrected chi connectivity index (χ2v) is 4.57. The number of rotatable bonds is 0. The Labute approximate surface area is 78.7 Å². The van der Waals surface area contributed by atoms with Crippen LogP contribution in [0, 0.1) is 0 Å². The smallest absolute Gasteiger partial charge is 0.0453 e. The molecule has 1 heteroatoms. The zero-order valence-corrected chi connectivity index (χ0v) is 8.46. The molecular formula is C12H15N. The van der Waals surface area contributed by atoms with Crippen LogP contribution >= 0.6 is 0 Å². The van der Waals surface area contributed by atoms with E-state index in [9.17, 15) is 0 Å². The first-order valence-electron chi connectivity index (χ1n) is 4.59. The lowest BCUT2D eigenvalue weighted by Gasteiger charge is -2.16. The van der Waals surface area contributed by atoms with Gasteiger partial charge in [-0.2, -0.15) is 0 Å². The number of aromatic nitrogens is 1. The fraction of sp³-hybridized carbons (Fsp3) is 0.333. The highest BCUT2D eigenvalue weighted by Gasteiger charge is 2.18. The molecule has 0 radical (unpaired) electrons. The van der Waals surface area contributed by atoms with Crippen LogP contribution in [-0.2, 0) is 5.41 Å². The van der Waals surface area contributed by atoms with Gasteiger partial charge in [0.25, 0.3) is 0 Å². The van der Waals surface area contributed by atoms with Crippen LogP contribution in [0.4, 0.5) is 0 Å². The molecule has 0 unspecified atom stereocenters. The summed E-state index contributed by atoms with van der Waals surface area (Å²) in [5.74, 6) is 0. The monoisotopic (exact) mass is 173 g/mol. The highest BCUT2D eigenvalue weighted by molar-refractivity contribution is 5.54. The largest absolute Gasteiger partial charge is 0.324 e. The minimum atomic E-state index is 0.204. The number of fused-ring (bicyclic) bond motifs is 2. The molecule has 0 saturated carbocycles. The fourth-order valence-corrected chi connectivity index (χ4v) is 1.73. The van der Waals surface area contributed by atoms with Crippen molar-refractivity contribution in [3.8, 4) is 0 Å². The summed E-state index contributed by atoms with van der Waals surface area (Å²) in [5, 5.41) is 2.39. The van der Waals surface area contributed by atoms with Gasteiger partial charge in [0.15, 0.2) is 0 Å². The molecule has 68 valence electrons. The van der Waals surface area contributed by atoms with E-state index >= 15 is 0 Å². The van der Waals surface area contributed by atoms with E-state index in [0.717, 1.165) is 5.35 Å². The van der Waals surface area contributed by atoms with Crippen LogP contribution in [0.3, 0.4) is 0 Å². The highest BCUT2D eigenvalue weighted by atomic mass is 14.9. The third kappa shape index (κ3) is 1.15. The molecule has 1 aromatic heterocycles. The Hall–Kier alpha value is -1.24. The van der Waals surface area contributed by atoms with Crippen molar-refractivity contribution in [2.75, 3.05) is 0 Å². The van der Waals surface area contributed by atoms with Crippen LogP contribution < -0.4 is 10.6 Å². The van der Waals surface area contributed by atoms with E-state index < -0.39 is 0 Å². The predicted molar refractivity (Wildman–Crippen MR) is 57.7 cm³/mol. The van der Waals surface area contributed by atoms with Crippen molar-refractivity contribution in [3.63, 3.8) is 0 Å². The van der Waals surface area contributed by atoms with Crippen molar-refractivity contribution < 1.29 is 0 Å². The van der Waals surface area contributed by atoms with Gasteiger partial charge in [-0.05, 0) is 17.1 Å². The Balaban J connectivity index is 2.81. The molecule has 0 atom stereocenters. The summed E-state index contributed by atoms with van der Waals surface area (Å²) in [6.45, 7) is 10.7. The Bertz CT molecular complexity index is 466. The van der Waals surface area contributed by atoms with Gasteiger partial charge < -0.3 is 4.57 Å². The minimum Gasteiger partial charge on any atom is -0.324 e. The second-order valence-electron chi connectivity index (χ2n) is 4.57. The van der Waals surface area contributed by atoms with Crippen LogP contribution in [0.5, 0.6) is 0 Å². The molecule has 0 spiro atoms. The lowest BCUT2D eigenvalue weighted by Crippen LogP contribution is -2.31. The molecule has 0 fully saturated rings. The molecule has 1 aliphatic heterocycles. The summed E-state index contributed by atoms with van der Waals surface area (Å²) in [6, 6.07) is 0. The van der Waals surface area contributed by atoms with Gasteiger partial charge in [0, 0.05) is 23.0 Å². The lowest BCUT2D eigenvalue weighted by molar-refractivity contribution is 0.587. The molecular weight excluding hydrogens is 158 g/mol. The van der Waals surface area contributed by atoms with E-state index in [0.29, 0.717) is 0 Å². The molecule has 1 aromatic rings. The molecule has 2 rings (SSSR count). The zero-order valence-electron chi connectivity index (χ0n) is 8.46. The van der Waals surface area contributed by atoms with E-state index in [2.05, 4.69) is 50.3 Å². The van der Waals surface area contributed by atoms with Gasteiger partial charge in [0.05, 0.1) is 0 Å². The summed E-state index contributed by atoms with van der Waals surface area (Å²) >= 11 is 0. The van der Waals surface area contributed by atoms with Gasteiger partial charge in [-0.1, -0.05) is 33.4 Å². The van der Waals surface area contributed by atoms with Crippen molar-refractivity contribution in [3.05, 3.63) is 28.4 Å². The quantitative estimate of drug-likeness (QED) is 0.560. The van der Waals surface area contributed by atoms with Crippen LogP contribution in [0.15, 0.2) is 12.3 Å². The van der Waals surface area contributed by atoms with E-state index in [1.165, 1.54) is 10.8 Å². The first-order valence-corrected chi connectivity index (χ1v) is 4.59. The van der Waals surface area contributed by atoms with Crippen molar-refractivity contribution in [1.82, 2.24) is 4.57 Å². The Morgan fingerprint density at radius 3 is 2.54 bits per heavy atom. The van der Waals surface area contributed by atoms with Gasteiger partial charge in [0.2, 0.25) is 0 Å². The normalized spacial score (nSPS) is 14.4. The van der Waals surface area contributed by atoms with Crippen molar-refractivity contribution in [1.29, 1.82) is 0 Å². The summed E-state index contributed by atoms with van der Waals surface area (Å²) in [6.07, 6.45) is 8.43. The number of hydrogen-bond acceptors (Lipinski definition) is 0.